The Kier molecular flexibility index (Phi) is 3.35. The van der Waals surface area contributed by atoms with Crippen molar-refractivity contribution in [2.24, 2.45) is 0 Å². The van der Waals surface area contributed by atoms with E-state index in [9.17, 15) is 4.79 Å². The second-order valence-corrected chi connectivity index (χ2v) is 3.39. The van der Waals surface area contributed by atoms with Gasteiger partial charge in [-0.15, -0.1) is 6.42 Å². The maximum Gasteiger partial charge on any atom is 0.337 e. The molecule has 2 N–H and O–H groups in total. The zero-order valence-electron chi connectivity index (χ0n) is 8.74. The largest absolute Gasteiger partial charge is 0.478 e. The number of hydrogen-bond donors (Lipinski definition) is 2. The number of aryl methyl sites for hydroxylation is 1. The molecule has 0 spiro atoms. The van der Waals surface area contributed by atoms with Gasteiger partial charge in [0, 0.05) is 5.69 Å². The van der Waals surface area contributed by atoms with Crippen molar-refractivity contribution in [3.8, 4) is 12.3 Å². The molecule has 0 aromatic heterocycles. The maximum absolute atomic E-state index is 11.0. The van der Waals surface area contributed by atoms with Gasteiger partial charge in [-0.2, -0.15) is 0 Å². The molecule has 0 aliphatic rings. The fraction of sp³-hybridized carbons (Fsp3) is 0.250. The number of carbonyl (C=O) groups is 1. The Bertz CT molecular complexity index is 418. The van der Waals surface area contributed by atoms with E-state index in [1.165, 1.54) is 0 Å². The number of terminal acetylenes is 1. The first-order chi connectivity index (χ1) is 7.04. The third kappa shape index (κ3) is 2.75. The van der Waals surface area contributed by atoms with Gasteiger partial charge in [-0.3, -0.25) is 0 Å². The van der Waals surface area contributed by atoms with E-state index >= 15 is 0 Å². The summed E-state index contributed by atoms with van der Waals surface area (Å²) in [5.74, 6) is 1.54. The lowest BCUT2D eigenvalue weighted by molar-refractivity contribution is 0.0698. The van der Waals surface area contributed by atoms with Crippen LogP contribution in [0.3, 0.4) is 0 Å². The fourth-order valence-corrected chi connectivity index (χ4v) is 1.24. The van der Waals surface area contributed by atoms with E-state index in [0.29, 0.717) is 5.69 Å². The highest BCUT2D eigenvalue weighted by molar-refractivity contribution is 5.94. The van der Waals surface area contributed by atoms with Gasteiger partial charge in [-0.1, -0.05) is 17.6 Å². The molecule has 0 radical (unpaired) electrons. The first kappa shape index (κ1) is 11.1. The molecule has 0 heterocycles. The SMILES string of the molecule is C#CC(C)Nc1ccc(C)cc1C(=O)O. The van der Waals surface area contributed by atoms with Crippen molar-refractivity contribution < 1.29 is 9.90 Å². The van der Waals surface area contributed by atoms with Gasteiger partial charge in [-0.25, -0.2) is 4.79 Å². The summed E-state index contributed by atoms with van der Waals surface area (Å²) >= 11 is 0. The molecular formula is C12H13NO2. The third-order valence-corrected chi connectivity index (χ3v) is 2.03. The van der Waals surface area contributed by atoms with E-state index in [1.54, 1.807) is 19.1 Å². The summed E-state index contributed by atoms with van der Waals surface area (Å²) in [6, 6.07) is 5.00. The normalized spacial score (nSPS) is 11.5. The summed E-state index contributed by atoms with van der Waals surface area (Å²) < 4.78 is 0. The van der Waals surface area contributed by atoms with Gasteiger partial charge in [0.2, 0.25) is 0 Å². The minimum atomic E-state index is -0.953. The lowest BCUT2D eigenvalue weighted by Crippen LogP contribution is -2.15. The van der Waals surface area contributed by atoms with Crippen LogP contribution in [0.25, 0.3) is 0 Å². The summed E-state index contributed by atoms with van der Waals surface area (Å²) in [7, 11) is 0. The van der Waals surface area contributed by atoms with Gasteiger partial charge in [0.15, 0.2) is 0 Å². The highest BCUT2D eigenvalue weighted by Crippen LogP contribution is 2.18. The lowest BCUT2D eigenvalue weighted by atomic mass is 10.1. The molecule has 1 rings (SSSR count). The second kappa shape index (κ2) is 4.52. The van der Waals surface area contributed by atoms with Crippen LogP contribution in [0.15, 0.2) is 18.2 Å². The molecule has 0 saturated heterocycles. The smallest absolute Gasteiger partial charge is 0.337 e. The van der Waals surface area contributed by atoms with Crippen molar-refractivity contribution in [3.05, 3.63) is 29.3 Å². The minimum absolute atomic E-state index is 0.189. The molecule has 1 aromatic rings. The fourth-order valence-electron chi connectivity index (χ4n) is 1.24. The molecule has 1 aromatic carbocycles. The Morgan fingerprint density at radius 3 is 2.80 bits per heavy atom. The minimum Gasteiger partial charge on any atom is -0.478 e. The van der Waals surface area contributed by atoms with Crippen LogP contribution in [0.1, 0.15) is 22.8 Å². The highest BCUT2D eigenvalue weighted by Gasteiger charge is 2.10. The predicted octanol–water partition coefficient (Wildman–Crippen LogP) is 2.13. The Morgan fingerprint density at radius 1 is 1.60 bits per heavy atom. The van der Waals surface area contributed by atoms with Crippen LogP contribution in [-0.4, -0.2) is 17.1 Å². The standard InChI is InChI=1S/C12H13NO2/c1-4-9(3)13-11-6-5-8(2)7-10(11)12(14)15/h1,5-7,9,13H,2-3H3,(H,14,15). The van der Waals surface area contributed by atoms with Gasteiger partial charge in [-0.05, 0) is 26.0 Å². The molecule has 1 atom stereocenters. The van der Waals surface area contributed by atoms with Gasteiger partial charge in [0.25, 0.3) is 0 Å². The van der Waals surface area contributed by atoms with Crippen LogP contribution in [0, 0.1) is 19.3 Å². The second-order valence-electron chi connectivity index (χ2n) is 3.39. The van der Waals surface area contributed by atoms with Crippen molar-refractivity contribution in [2.75, 3.05) is 5.32 Å². The van der Waals surface area contributed by atoms with Gasteiger partial charge >= 0.3 is 5.97 Å². The molecule has 1 unspecified atom stereocenters. The number of anilines is 1. The average molecular weight is 203 g/mol. The van der Waals surface area contributed by atoms with Crippen molar-refractivity contribution in [3.63, 3.8) is 0 Å². The number of hydrogen-bond acceptors (Lipinski definition) is 2. The number of carboxylic acid groups (broad SMARTS) is 1. The zero-order chi connectivity index (χ0) is 11.4. The van der Waals surface area contributed by atoms with Crippen molar-refractivity contribution in [1.29, 1.82) is 0 Å². The van der Waals surface area contributed by atoms with Crippen LogP contribution >= 0.6 is 0 Å². The van der Waals surface area contributed by atoms with Crippen molar-refractivity contribution >= 4 is 11.7 Å². The highest BCUT2D eigenvalue weighted by atomic mass is 16.4. The summed E-state index contributed by atoms with van der Waals surface area (Å²) in [4.78, 5) is 11.0. The van der Waals surface area contributed by atoms with Gasteiger partial charge in [0.1, 0.15) is 0 Å². The Balaban J connectivity index is 3.07. The number of aromatic carboxylic acids is 1. The van der Waals surface area contributed by atoms with Crippen molar-refractivity contribution in [1.82, 2.24) is 0 Å². The van der Waals surface area contributed by atoms with E-state index in [0.717, 1.165) is 5.56 Å². The van der Waals surface area contributed by atoms with Crippen LogP contribution in [0.2, 0.25) is 0 Å². The molecule has 3 heteroatoms. The molecule has 0 aliphatic heterocycles. The first-order valence-corrected chi connectivity index (χ1v) is 4.61. The lowest BCUT2D eigenvalue weighted by Gasteiger charge is -2.12. The van der Waals surface area contributed by atoms with E-state index < -0.39 is 5.97 Å². The first-order valence-electron chi connectivity index (χ1n) is 4.61. The summed E-state index contributed by atoms with van der Waals surface area (Å²) in [5.41, 5.74) is 1.71. The zero-order valence-corrected chi connectivity index (χ0v) is 8.74. The predicted molar refractivity (Wildman–Crippen MR) is 60.1 cm³/mol. The number of carboxylic acids is 1. The molecule has 0 aliphatic carbocycles. The van der Waals surface area contributed by atoms with E-state index in [2.05, 4.69) is 11.2 Å². The van der Waals surface area contributed by atoms with Crippen LogP contribution in [0.4, 0.5) is 5.69 Å². The number of benzene rings is 1. The van der Waals surface area contributed by atoms with Crippen LogP contribution in [0.5, 0.6) is 0 Å². The average Bonchev–Trinajstić information content (AvgIpc) is 2.20. The van der Waals surface area contributed by atoms with Gasteiger partial charge in [0.05, 0.1) is 11.6 Å². The van der Waals surface area contributed by atoms with Crippen LogP contribution in [-0.2, 0) is 0 Å². The van der Waals surface area contributed by atoms with Gasteiger partial charge < -0.3 is 10.4 Å². The molecule has 0 saturated carbocycles. The Morgan fingerprint density at radius 2 is 2.27 bits per heavy atom. The Hall–Kier alpha value is -1.95. The third-order valence-electron chi connectivity index (χ3n) is 2.03. The quantitative estimate of drug-likeness (QED) is 0.740. The van der Waals surface area contributed by atoms with E-state index in [1.807, 2.05) is 13.0 Å². The molecular weight excluding hydrogens is 190 g/mol. The number of nitrogens with one attached hydrogen (secondary N) is 1. The topological polar surface area (TPSA) is 49.3 Å². The molecule has 78 valence electrons. The summed E-state index contributed by atoms with van der Waals surface area (Å²) in [5, 5.41) is 11.9. The summed E-state index contributed by atoms with van der Waals surface area (Å²) in [6.45, 7) is 3.65. The molecule has 0 amide bonds. The molecule has 0 bridgehead atoms. The number of rotatable bonds is 3. The van der Waals surface area contributed by atoms with Crippen LogP contribution < -0.4 is 5.32 Å². The van der Waals surface area contributed by atoms with Crippen molar-refractivity contribution in [2.45, 2.75) is 19.9 Å². The maximum atomic E-state index is 11.0. The molecule has 0 fully saturated rings. The molecule has 3 nitrogen and oxygen atoms in total. The monoisotopic (exact) mass is 203 g/mol. The Labute approximate surface area is 89.1 Å². The van der Waals surface area contributed by atoms with E-state index in [4.69, 9.17) is 11.5 Å². The summed E-state index contributed by atoms with van der Waals surface area (Å²) in [6.07, 6.45) is 5.22. The molecule has 15 heavy (non-hydrogen) atoms. The van der Waals surface area contributed by atoms with E-state index in [-0.39, 0.29) is 11.6 Å².